The molecule has 0 spiro atoms. The molecule has 1 saturated heterocycles. The van der Waals surface area contributed by atoms with E-state index in [2.05, 4.69) is 22.0 Å². The van der Waals surface area contributed by atoms with E-state index in [9.17, 15) is 13.2 Å². The Hall–Kier alpha value is -0.330. The van der Waals surface area contributed by atoms with E-state index in [4.69, 9.17) is 9.47 Å². The number of allylic oxidation sites excluding steroid dienone is 4. The van der Waals surface area contributed by atoms with Gasteiger partial charge < -0.3 is 9.47 Å². The van der Waals surface area contributed by atoms with Gasteiger partial charge in [0.05, 0.1) is 0 Å². The first kappa shape index (κ1) is 17.0. The van der Waals surface area contributed by atoms with Crippen molar-refractivity contribution in [2.45, 2.75) is 25.4 Å². The van der Waals surface area contributed by atoms with Crippen molar-refractivity contribution in [2.75, 3.05) is 26.4 Å². The van der Waals surface area contributed by atoms with Gasteiger partial charge in [-0.05, 0) is 41.5 Å². The Bertz CT molecular complexity index is 387. The average Bonchev–Trinajstić information content (AvgIpc) is 2.44. The summed E-state index contributed by atoms with van der Waals surface area (Å²) >= 11 is 3.55. The lowest BCUT2D eigenvalue weighted by Gasteiger charge is -2.35. The van der Waals surface area contributed by atoms with Gasteiger partial charge in [0.15, 0.2) is 0 Å². The van der Waals surface area contributed by atoms with Gasteiger partial charge in [0.2, 0.25) is 0 Å². The molecule has 120 valence electrons. The first-order valence-electron chi connectivity index (χ1n) is 7.23. The molecule has 0 aromatic rings. The minimum absolute atomic E-state index is 0.126. The van der Waals surface area contributed by atoms with Crippen LogP contribution in [0.1, 0.15) is 19.3 Å². The molecule has 0 bridgehead atoms. The molecule has 1 aliphatic heterocycles. The molecule has 2 aliphatic rings. The quantitative estimate of drug-likeness (QED) is 0.666. The minimum Gasteiger partial charge on any atom is -0.381 e. The second-order valence-corrected chi connectivity index (χ2v) is 6.44. The van der Waals surface area contributed by atoms with Crippen molar-refractivity contribution >= 4 is 15.9 Å². The fourth-order valence-corrected chi connectivity index (χ4v) is 3.72. The van der Waals surface area contributed by atoms with Crippen LogP contribution >= 0.6 is 15.9 Å². The summed E-state index contributed by atoms with van der Waals surface area (Å²) in [6.07, 6.45) is 4.54. The number of hydrogen-bond acceptors (Lipinski definition) is 2. The fourth-order valence-electron chi connectivity index (χ4n) is 3.03. The summed E-state index contributed by atoms with van der Waals surface area (Å²) in [6.45, 7) is 0.501. The standard InChI is InChI=1S/C15H20BrF3O2/c16-14-3-1-2-12(11-4-7-20-8-5-11)13(14)6-9-21-10-15(17,18)19/h1-3,11-13H,4-10H2. The second-order valence-electron chi connectivity index (χ2n) is 5.53. The molecule has 1 aliphatic carbocycles. The van der Waals surface area contributed by atoms with Crippen molar-refractivity contribution in [1.82, 2.24) is 0 Å². The lowest BCUT2D eigenvalue weighted by atomic mass is 9.74. The molecule has 2 nitrogen and oxygen atoms in total. The van der Waals surface area contributed by atoms with Crippen molar-refractivity contribution in [3.63, 3.8) is 0 Å². The second kappa shape index (κ2) is 7.79. The topological polar surface area (TPSA) is 18.5 Å². The van der Waals surface area contributed by atoms with Crippen LogP contribution in [-0.4, -0.2) is 32.6 Å². The molecule has 6 heteroatoms. The van der Waals surface area contributed by atoms with E-state index in [1.54, 1.807) is 0 Å². The lowest BCUT2D eigenvalue weighted by Crippen LogP contribution is -2.30. The van der Waals surface area contributed by atoms with Crippen LogP contribution in [0.25, 0.3) is 0 Å². The van der Waals surface area contributed by atoms with Crippen molar-refractivity contribution in [1.29, 1.82) is 0 Å². The number of alkyl halides is 3. The van der Waals surface area contributed by atoms with E-state index < -0.39 is 12.8 Å². The van der Waals surface area contributed by atoms with E-state index in [0.717, 1.165) is 30.5 Å². The van der Waals surface area contributed by atoms with E-state index >= 15 is 0 Å². The zero-order valence-corrected chi connectivity index (χ0v) is 13.3. The molecule has 1 fully saturated rings. The predicted molar refractivity (Wildman–Crippen MR) is 78.2 cm³/mol. The molecule has 21 heavy (non-hydrogen) atoms. The summed E-state index contributed by atoms with van der Waals surface area (Å²) in [5, 5.41) is 0. The zero-order chi connectivity index (χ0) is 15.3. The van der Waals surface area contributed by atoms with E-state index in [-0.39, 0.29) is 12.5 Å². The highest BCUT2D eigenvalue weighted by atomic mass is 79.9. The van der Waals surface area contributed by atoms with Crippen LogP contribution < -0.4 is 0 Å². The average molecular weight is 369 g/mol. The lowest BCUT2D eigenvalue weighted by molar-refractivity contribution is -0.174. The Balaban J connectivity index is 1.87. The first-order valence-corrected chi connectivity index (χ1v) is 8.03. The highest BCUT2D eigenvalue weighted by Gasteiger charge is 2.32. The van der Waals surface area contributed by atoms with Gasteiger partial charge in [0.25, 0.3) is 0 Å². The third-order valence-electron chi connectivity index (χ3n) is 4.06. The van der Waals surface area contributed by atoms with E-state index in [1.165, 1.54) is 0 Å². The van der Waals surface area contributed by atoms with Gasteiger partial charge in [-0.15, -0.1) is 0 Å². The Labute approximate surface area is 131 Å². The number of halogens is 4. The Morgan fingerprint density at radius 3 is 2.67 bits per heavy atom. The van der Waals surface area contributed by atoms with Crippen molar-refractivity contribution in [3.8, 4) is 0 Å². The molecule has 2 unspecified atom stereocenters. The van der Waals surface area contributed by atoms with Crippen LogP contribution in [0.2, 0.25) is 0 Å². The van der Waals surface area contributed by atoms with E-state index in [0.29, 0.717) is 18.3 Å². The van der Waals surface area contributed by atoms with Crippen LogP contribution in [0.15, 0.2) is 22.7 Å². The maximum atomic E-state index is 12.1. The molecule has 0 aromatic carbocycles. The fraction of sp³-hybridized carbons (Fsp3) is 0.733. The van der Waals surface area contributed by atoms with E-state index in [1.807, 2.05) is 12.2 Å². The normalized spacial score (nSPS) is 27.7. The molecule has 0 amide bonds. The molecular formula is C15H20BrF3O2. The predicted octanol–water partition coefficient (Wildman–Crippen LogP) is 4.46. The summed E-state index contributed by atoms with van der Waals surface area (Å²) in [5.41, 5.74) is 0. The van der Waals surface area contributed by atoms with Gasteiger partial charge in [0.1, 0.15) is 6.61 Å². The summed E-state index contributed by atoms with van der Waals surface area (Å²) in [6, 6.07) is 0. The highest BCUT2D eigenvalue weighted by Crippen LogP contribution is 2.40. The molecule has 2 rings (SSSR count). The molecule has 0 aromatic heterocycles. The minimum atomic E-state index is -4.25. The van der Waals surface area contributed by atoms with Gasteiger partial charge in [-0.1, -0.05) is 34.2 Å². The Morgan fingerprint density at radius 1 is 1.29 bits per heavy atom. The van der Waals surface area contributed by atoms with Crippen LogP contribution in [0.4, 0.5) is 13.2 Å². The number of rotatable bonds is 5. The summed E-state index contributed by atoms with van der Waals surface area (Å²) < 4.78 is 47.5. The Morgan fingerprint density at radius 2 is 2.00 bits per heavy atom. The summed E-state index contributed by atoms with van der Waals surface area (Å²) in [4.78, 5) is 0. The Kier molecular flexibility index (Phi) is 6.32. The molecule has 2 atom stereocenters. The smallest absolute Gasteiger partial charge is 0.381 e. The summed E-state index contributed by atoms with van der Waals surface area (Å²) in [7, 11) is 0. The van der Waals surface area contributed by atoms with Crippen LogP contribution in [-0.2, 0) is 9.47 Å². The number of hydrogen-bond donors (Lipinski definition) is 0. The number of ether oxygens (including phenoxy) is 2. The SMILES string of the molecule is FC(F)(F)COCCC1C(Br)=CC=CC1C1CCOCC1. The van der Waals surface area contributed by atoms with Crippen LogP contribution in [0.5, 0.6) is 0 Å². The zero-order valence-electron chi connectivity index (χ0n) is 11.7. The first-order chi connectivity index (χ1) is 9.97. The molecule has 0 saturated carbocycles. The maximum Gasteiger partial charge on any atom is 0.411 e. The van der Waals surface area contributed by atoms with Crippen LogP contribution in [0, 0.1) is 17.8 Å². The maximum absolute atomic E-state index is 12.1. The molecular weight excluding hydrogens is 349 g/mol. The molecule has 1 heterocycles. The monoisotopic (exact) mass is 368 g/mol. The highest BCUT2D eigenvalue weighted by molar-refractivity contribution is 9.11. The van der Waals surface area contributed by atoms with Crippen LogP contribution in [0.3, 0.4) is 0 Å². The van der Waals surface area contributed by atoms with Gasteiger partial charge in [-0.3, -0.25) is 0 Å². The third-order valence-corrected chi connectivity index (χ3v) is 4.91. The van der Waals surface area contributed by atoms with Gasteiger partial charge in [-0.25, -0.2) is 0 Å². The van der Waals surface area contributed by atoms with Crippen molar-refractivity contribution in [2.24, 2.45) is 17.8 Å². The molecule has 0 N–H and O–H groups in total. The van der Waals surface area contributed by atoms with Crippen molar-refractivity contribution < 1.29 is 22.6 Å². The van der Waals surface area contributed by atoms with Gasteiger partial charge in [-0.2, -0.15) is 13.2 Å². The van der Waals surface area contributed by atoms with Gasteiger partial charge in [0, 0.05) is 19.8 Å². The molecule has 0 radical (unpaired) electrons. The van der Waals surface area contributed by atoms with Gasteiger partial charge >= 0.3 is 6.18 Å². The largest absolute Gasteiger partial charge is 0.411 e. The third kappa shape index (κ3) is 5.42. The van der Waals surface area contributed by atoms with Crippen molar-refractivity contribution in [3.05, 3.63) is 22.7 Å². The summed E-state index contributed by atoms with van der Waals surface area (Å²) in [5.74, 6) is 1.08.